The first kappa shape index (κ1) is 16.7. The number of piperazine rings is 1. The normalized spacial score (nSPS) is 32.1. The van der Waals surface area contributed by atoms with Gasteiger partial charge in [0.05, 0.1) is 30.0 Å². The van der Waals surface area contributed by atoms with Crippen molar-refractivity contribution in [3.63, 3.8) is 0 Å². The molecule has 0 radical (unpaired) electrons. The van der Waals surface area contributed by atoms with Gasteiger partial charge in [-0.05, 0) is 6.07 Å². The van der Waals surface area contributed by atoms with Crippen molar-refractivity contribution >= 4 is 44.1 Å². The molecule has 0 amide bonds. The summed E-state index contributed by atoms with van der Waals surface area (Å²) in [5, 5.41) is 1.62. The lowest BCUT2D eigenvalue weighted by atomic mass is 9.95. The fourth-order valence-corrected chi connectivity index (χ4v) is 6.12. The third-order valence-corrected chi connectivity index (χ3v) is 7.90. The Kier molecular flexibility index (Phi) is 3.51. The molecule has 0 N–H and O–H groups in total. The van der Waals surface area contributed by atoms with Gasteiger partial charge in [0, 0.05) is 46.3 Å². The molecule has 0 spiro atoms. The molecule has 2 aromatic rings. The molecular formula is C18H22ClN5O2S. The highest BCUT2D eigenvalue weighted by Crippen LogP contribution is 2.71. The molecule has 9 heteroatoms. The summed E-state index contributed by atoms with van der Waals surface area (Å²) in [4.78, 5) is 16.8. The van der Waals surface area contributed by atoms with E-state index >= 15 is 0 Å². The van der Waals surface area contributed by atoms with Gasteiger partial charge in [-0.2, -0.15) is 0 Å². The number of anilines is 2. The second-order valence-electron chi connectivity index (χ2n) is 8.01. The first-order valence-electron chi connectivity index (χ1n) is 9.49. The van der Waals surface area contributed by atoms with E-state index in [9.17, 15) is 0 Å². The number of methoxy groups -OCH3 is 1. The quantitative estimate of drug-likeness (QED) is 0.701. The molecule has 27 heavy (non-hydrogen) atoms. The second kappa shape index (κ2) is 5.67. The maximum Gasteiger partial charge on any atom is 0.186 e. The fraction of sp³-hybridized carbons (Fsp3) is 0.667. The molecule has 7 nitrogen and oxygen atoms in total. The van der Waals surface area contributed by atoms with Crippen LogP contribution in [0.25, 0.3) is 10.2 Å². The molecule has 2 atom stereocenters. The van der Waals surface area contributed by atoms with Crippen molar-refractivity contribution in [1.29, 1.82) is 0 Å². The van der Waals surface area contributed by atoms with Gasteiger partial charge in [-0.25, -0.2) is 9.97 Å². The lowest BCUT2D eigenvalue weighted by Crippen LogP contribution is -2.71. The molecule has 1 aliphatic carbocycles. The van der Waals surface area contributed by atoms with Gasteiger partial charge in [0.25, 0.3) is 0 Å². The van der Waals surface area contributed by atoms with Crippen LogP contribution in [-0.4, -0.2) is 85.6 Å². The zero-order chi connectivity index (χ0) is 18.2. The van der Waals surface area contributed by atoms with Crippen LogP contribution >= 0.6 is 22.9 Å². The molecule has 4 fully saturated rings. The molecule has 0 unspecified atom stereocenters. The van der Waals surface area contributed by atoms with E-state index in [1.54, 1.807) is 18.4 Å². The number of hydrogen-bond acceptors (Lipinski definition) is 8. The second-order valence-corrected chi connectivity index (χ2v) is 9.41. The summed E-state index contributed by atoms with van der Waals surface area (Å²) in [7, 11) is 1.76. The third-order valence-electron chi connectivity index (χ3n) is 6.65. The van der Waals surface area contributed by atoms with Crippen molar-refractivity contribution in [3.05, 3.63) is 11.2 Å². The number of morpholine rings is 1. The maximum atomic E-state index is 6.35. The van der Waals surface area contributed by atoms with Crippen molar-refractivity contribution in [2.75, 3.05) is 69.4 Å². The van der Waals surface area contributed by atoms with E-state index in [0.29, 0.717) is 5.15 Å². The van der Waals surface area contributed by atoms with Crippen molar-refractivity contribution in [2.24, 2.45) is 0 Å². The van der Waals surface area contributed by atoms with Crippen LogP contribution in [0.15, 0.2) is 6.07 Å². The average Bonchev–Trinajstić information content (AvgIpc) is 3.10. The minimum Gasteiger partial charge on any atom is -0.383 e. The monoisotopic (exact) mass is 407 g/mol. The molecule has 3 aliphatic heterocycles. The van der Waals surface area contributed by atoms with Gasteiger partial charge in [0.2, 0.25) is 0 Å². The number of ether oxygens (including phenoxy) is 2. The first-order chi connectivity index (χ1) is 13.1. The van der Waals surface area contributed by atoms with Gasteiger partial charge in [-0.1, -0.05) is 22.9 Å². The minimum atomic E-state index is 0.126. The van der Waals surface area contributed by atoms with E-state index in [2.05, 4.69) is 19.7 Å². The highest BCUT2D eigenvalue weighted by Gasteiger charge is 2.87. The molecule has 0 bridgehead atoms. The Hall–Kier alpha value is -1.19. The van der Waals surface area contributed by atoms with E-state index in [-0.39, 0.29) is 11.1 Å². The highest BCUT2D eigenvalue weighted by atomic mass is 35.5. The molecular weight excluding hydrogens is 386 g/mol. The smallest absolute Gasteiger partial charge is 0.186 e. The Morgan fingerprint density at radius 2 is 2.15 bits per heavy atom. The van der Waals surface area contributed by atoms with Crippen LogP contribution in [0.3, 0.4) is 0 Å². The van der Waals surface area contributed by atoms with E-state index < -0.39 is 0 Å². The molecule has 144 valence electrons. The average molecular weight is 408 g/mol. The third kappa shape index (κ3) is 2.25. The number of aromatic nitrogens is 2. The summed E-state index contributed by atoms with van der Waals surface area (Å²) < 4.78 is 12.1. The van der Waals surface area contributed by atoms with Gasteiger partial charge in [-0.3, -0.25) is 4.90 Å². The zero-order valence-electron chi connectivity index (χ0n) is 15.3. The molecule has 3 saturated heterocycles. The van der Waals surface area contributed by atoms with E-state index in [0.717, 1.165) is 80.1 Å². The molecule has 6 rings (SSSR count). The van der Waals surface area contributed by atoms with Crippen LogP contribution in [0.1, 0.15) is 6.42 Å². The van der Waals surface area contributed by atoms with Crippen molar-refractivity contribution < 1.29 is 9.47 Å². The van der Waals surface area contributed by atoms with Crippen molar-refractivity contribution in [1.82, 2.24) is 14.9 Å². The Balaban J connectivity index is 1.26. The Bertz CT molecular complexity index is 917. The van der Waals surface area contributed by atoms with Crippen LogP contribution < -0.4 is 9.80 Å². The number of hydrogen-bond donors (Lipinski definition) is 0. The predicted molar refractivity (Wildman–Crippen MR) is 106 cm³/mol. The largest absolute Gasteiger partial charge is 0.383 e. The zero-order valence-corrected chi connectivity index (χ0v) is 16.9. The lowest BCUT2D eigenvalue weighted by Gasteiger charge is -2.54. The Labute approximate surface area is 166 Å². The van der Waals surface area contributed by atoms with Crippen LogP contribution in [0, 0.1) is 0 Å². The van der Waals surface area contributed by atoms with Crippen LogP contribution in [0.2, 0.25) is 5.15 Å². The van der Waals surface area contributed by atoms with Gasteiger partial charge >= 0.3 is 0 Å². The van der Waals surface area contributed by atoms with Crippen LogP contribution in [0.4, 0.5) is 10.9 Å². The summed E-state index contributed by atoms with van der Waals surface area (Å²) in [6.07, 6.45) is 1.12. The molecule has 2 aromatic heterocycles. The summed E-state index contributed by atoms with van der Waals surface area (Å²) in [6.45, 7) is 7.57. The number of fused-ring (bicyclic) bond motifs is 1. The van der Waals surface area contributed by atoms with Gasteiger partial charge < -0.3 is 19.3 Å². The van der Waals surface area contributed by atoms with Gasteiger partial charge in [0.1, 0.15) is 16.3 Å². The van der Waals surface area contributed by atoms with Crippen LogP contribution in [-0.2, 0) is 9.47 Å². The number of halogens is 1. The number of thiazole rings is 1. The topological polar surface area (TPSA) is 54.0 Å². The minimum absolute atomic E-state index is 0.126. The van der Waals surface area contributed by atoms with E-state index in [1.165, 1.54) is 0 Å². The molecule has 0 aromatic carbocycles. The Morgan fingerprint density at radius 1 is 1.30 bits per heavy atom. The maximum absolute atomic E-state index is 6.35. The summed E-state index contributed by atoms with van der Waals surface area (Å²) in [6, 6.07) is 1.95. The number of pyridine rings is 1. The van der Waals surface area contributed by atoms with Gasteiger partial charge in [-0.15, -0.1) is 0 Å². The Morgan fingerprint density at radius 3 is 2.78 bits per heavy atom. The summed E-state index contributed by atoms with van der Waals surface area (Å²) in [5.74, 6) is 0.940. The summed E-state index contributed by atoms with van der Waals surface area (Å²) >= 11 is 8.07. The summed E-state index contributed by atoms with van der Waals surface area (Å²) in [5.41, 5.74) is 1.30. The van der Waals surface area contributed by atoms with E-state index in [1.807, 2.05) is 6.07 Å². The highest BCUT2D eigenvalue weighted by molar-refractivity contribution is 7.22. The van der Waals surface area contributed by atoms with Crippen LogP contribution in [0.5, 0.6) is 0 Å². The molecule has 4 aliphatic rings. The molecule has 1 saturated carbocycles. The predicted octanol–water partition coefficient (Wildman–Crippen LogP) is 1.84. The van der Waals surface area contributed by atoms with Gasteiger partial charge in [0.15, 0.2) is 10.9 Å². The van der Waals surface area contributed by atoms with E-state index in [4.69, 9.17) is 26.1 Å². The first-order valence-corrected chi connectivity index (χ1v) is 10.7. The number of rotatable bonds is 5. The standard InChI is InChI=1S/C18H22ClN5O2S/c1-25-7-6-22-2-4-23(5-3-22)16-21-14-12(27-16)8-13(19)20-15(14)24-10-18-9-17(18,24)11-26-18/h8H,2-7,9-11H2,1H3/t17-,18-/m0/s1. The molecule has 5 heterocycles. The van der Waals surface area contributed by atoms with Crippen molar-refractivity contribution in [3.8, 4) is 0 Å². The lowest BCUT2D eigenvalue weighted by molar-refractivity contribution is -0.116. The van der Waals surface area contributed by atoms with Crippen molar-refractivity contribution in [2.45, 2.75) is 17.6 Å². The fourth-order valence-electron chi connectivity index (χ4n) is 4.81. The number of nitrogens with zero attached hydrogens (tertiary/aromatic N) is 5. The SMILES string of the molecule is COCCN1CCN(c2nc3c(N4C[C@@]56C[C@@]45CO6)nc(Cl)cc3s2)CC1.